The normalized spacial score (nSPS) is 42.0. The molecule has 4 nitrogen and oxygen atoms in total. The molecule has 0 bridgehead atoms. The van der Waals surface area contributed by atoms with Crippen LogP contribution in [0, 0.1) is 35.5 Å². The number of hydrogen-bond donors (Lipinski definition) is 1. The summed E-state index contributed by atoms with van der Waals surface area (Å²) in [5.74, 6) is 2.06. The zero-order chi connectivity index (χ0) is 21.3. The van der Waals surface area contributed by atoms with Crippen LogP contribution < -0.4 is 0 Å². The first-order valence-corrected chi connectivity index (χ1v) is 11.9. The predicted octanol–water partition coefficient (Wildman–Crippen LogP) is 5.10. The summed E-state index contributed by atoms with van der Waals surface area (Å²) < 4.78 is 2.00. The lowest BCUT2D eigenvalue weighted by molar-refractivity contribution is -0.130. The number of nitrogens with zero attached hydrogens (tertiary/aromatic N) is 2. The van der Waals surface area contributed by atoms with Gasteiger partial charge in [0.15, 0.2) is 5.78 Å². The molecule has 0 radical (unpaired) electrons. The number of carbonyl (C=O) groups is 1. The number of Topliss-reactive ketones (excluding diaryl/α,β-unsaturated/α-hetero) is 1. The molecule has 5 rings (SSSR count). The Kier molecular flexibility index (Phi) is 4.66. The van der Waals surface area contributed by atoms with E-state index in [-0.39, 0.29) is 16.9 Å². The molecule has 1 N–H and O–H groups in total. The van der Waals surface area contributed by atoms with Crippen molar-refractivity contribution in [3.8, 4) is 0 Å². The van der Waals surface area contributed by atoms with Gasteiger partial charge in [-0.3, -0.25) is 9.48 Å². The second-order valence-corrected chi connectivity index (χ2v) is 10.8. The maximum absolute atomic E-state index is 13.6. The van der Waals surface area contributed by atoms with Crippen molar-refractivity contribution in [2.45, 2.75) is 85.3 Å². The lowest BCUT2D eigenvalue weighted by atomic mass is 9.48. The number of aryl methyl sites for hydroxylation is 1. The molecule has 1 aromatic heterocycles. The van der Waals surface area contributed by atoms with Crippen molar-refractivity contribution >= 4 is 11.9 Å². The quantitative estimate of drug-likeness (QED) is 0.547. The summed E-state index contributed by atoms with van der Waals surface area (Å²) in [4.78, 5) is 13.6. The molecule has 3 saturated carbocycles. The molecule has 0 spiro atoms. The monoisotopic (exact) mass is 408 g/mol. The predicted molar refractivity (Wildman–Crippen MR) is 119 cm³/mol. The molecule has 4 heteroatoms. The molecule has 0 unspecified atom stereocenters. The fourth-order valence-corrected chi connectivity index (χ4v) is 7.55. The van der Waals surface area contributed by atoms with Crippen LogP contribution in [0.25, 0.3) is 6.08 Å². The molecule has 6 atom stereocenters. The highest BCUT2D eigenvalue weighted by Gasteiger charge is 2.59. The van der Waals surface area contributed by atoms with E-state index in [2.05, 4.69) is 44.9 Å². The third-order valence-corrected chi connectivity index (χ3v) is 9.49. The molecule has 162 valence electrons. The number of ketones is 1. The third-order valence-electron chi connectivity index (χ3n) is 9.49. The van der Waals surface area contributed by atoms with Crippen molar-refractivity contribution in [3.05, 3.63) is 34.7 Å². The average molecular weight is 409 g/mol. The number of hydrogen-bond acceptors (Lipinski definition) is 3. The van der Waals surface area contributed by atoms with Crippen LogP contribution in [0.3, 0.4) is 0 Å². The molecule has 0 saturated heterocycles. The van der Waals surface area contributed by atoms with Gasteiger partial charge in [0.05, 0.1) is 12.3 Å². The van der Waals surface area contributed by atoms with Crippen LogP contribution in [0.2, 0.25) is 0 Å². The van der Waals surface area contributed by atoms with Crippen LogP contribution in [0.4, 0.5) is 0 Å². The first-order valence-electron chi connectivity index (χ1n) is 11.9. The van der Waals surface area contributed by atoms with Crippen LogP contribution in [-0.4, -0.2) is 26.8 Å². The van der Waals surface area contributed by atoms with Crippen molar-refractivity contribution in [1.82, 2.24) is 9.78 Å². The van der Waals surface area contributed by atoms with Crippen molar-refractivity contribution in [3.63, 3.8) is 0 Å². The van der Waals surface area contributed by atoms with Gasteiger partial charge in [-0.25, -0.2) is 0 Å². The average Bonchev–Trinajstić information content (AvgIpc) is 3.20. The minimum atomic E-state index is -0.211. The Balaban J connectivity index is 1.48. The first kappa shape index (κ1) is 20.2. The van der Waals surface area contributed by atoms with E-state index in [1.807, 2.05) is 10.9 Å². The van der Waals surface area contributed by atoms with E-state index in [9.17, 15) is 9.90 Å². The zero-order valence-electron chi connectivity index (χ0n) is 18.9. The van der Waals surface area contributed by atoms with Gasteiger partial charge in [0.2, 0.25) is 0 Å². The summed E-state index contributed by atoms with van der Waals surface area (Å²) in [7, 11) is 0. The number of aliphatic hydroxyl groups is 1. The van der Waals surface area contributed by atoms with Gasteiger partial charge < -0.3 is 5.11 Å². The molecule has 1 heterocycles. The molecule has 4 aliphatic carbocycles. The number of fused-ring (bicyclic) bond motifs is 5. The number of allylic oxidation sites excluding steroid dienone is 2. The SMILES string of the molecule is CCn1ncc(/C=C2\C[C@@H]3[C@H]4CC=C5C[C@@H](O)CC[C@]5(C)[C@@H]4CC[C@@]3(C)C2=O)c1C. The summed E-state index contributed by atoms with van der Waals surface area (Å²) in [5, 5.41) is 14.7. The fraction of sp³-hybridized carbons (Fsp3) is 0.692. The van der Waals surface area contributed by atoms with Crippen LogP contribution in [0.1, 0.15) is 77.0 Å². The smallest absolute Gasteiger partial charge is 0.165 e. The van der Waals surface area contributed by atoms with Gasteiger partial charge in [0, 0.05) is 23.2 Å². The van der Waals surface area contributed by atoms with Crippen molar-refractivity contribution in [2.75, 3.05) is 0 Å². The summed E-state index contributed by atoms with van der Waals surface area (Å²) in [6, 6.07) is 0. The third kappa shape index (κ3) is 2.75. The Labute approximate surface area is 180 Å². The van der Waals surface area contributed by atoms with Crippen molar-refractivity contribution in [1.29, 1.82) is 0 Å². The van der Waals surface area contributed by atoms with Gasteiger partial charge in [-0.05, 0) is 93.6 Å². The Morgan fingerprint density at radius 3 is 2.70 bits per heavy atom. The largest absolute Gasteiger partial charge is 0.393 e. The molecule has 4 aliphatic rings. The van der Waals surface area contributed by atoms with Crippen molar-refractivity contribution < 1.29 is 9.90 Å². The lowest BCUT2D eigenvalue weighted by Gasteiger charge is -2.56. The highest BCUT2D eigenvalue weighted by molar-refractivity contribution is 6.06. The van der Waals surface area contributed by atoms with Crippen LogP contribution in [-0.2, 0) is 11.3 Å². The van der Waals surface area contributed by atoms with E-state index in [0.717, 1.165) is 68.3 Å². The molecular weight excluding hydrogens is 372 g/mol. The minimum Gasteiger partial charge on any atom is -0.393 e. The molecule has 30 heavy (non-hydrogen) atoms. The summed E-state index contributed by atoms with van der Waals surface area (Å²) >= 11 is 0. The molecule has 0 amide bonds. The van der Waals surface area contributed by atoms with Crippen LogP contribution in [0.5, 0.6) is 0 Å². The maximum Gasteiger partial charge on any atom is 0.165 e. The van der Waals surface area contributed by atoms with Crippen molar-refractivity contribution in [2.24, 2.45) is 28.6 Å². The number of carbonyl (C=O) groups excluding carboxylic acids is 1. The number of aliphatic hydroxyl groups excluding tert-OH is 1. The Bertz CT molecular complexity index is 941. The standard InChI is InChI=1S/C26H36N2O2/c1-5-28-16(2)18(15-27-28)12-17-13-23-21-7-6-19-14-20(29)8-10-25(19,3)22(21)9-11-26(23,4)24(17)30/h6,12,15,20-23,29H,5,7-11,13-14H2,1-4H3/b17-12+/t20-,21-,22+,23+,25-,26+/m0/s1. The molecular formula is C26H36N2O2. The van der Waals surface area contributed by atoms with E-state index in [1.165, 1.54) is 5.57 Å². The Morgan fingerprint density at radius 2 is 1.97 bits per heavy atom. The van der Waals surface area contributed by atoms with Gasteiger partial charge in [0.1, 0.15) is 0 Å². The fourth-order valence-electron chi connectivity index (χ4n) is 7.55. The maximum atomic E-state index is 13.6. The Hall–Kier alpha value is -1.68. The molecule has 1 aromatic rings. The van der Waals surface area contributed by atoms with Gasteiger partial charge in [-0.1, -0.05) is 25.5 Å². The van der Waals surface area contributed by atoms with E-state index >= 15 is 0 Å². The van der Waals surface area contributed by atoms with Gasteiger partial charge in [-0.2, -0.15) is 5.10 Å². The summed E-state index contributed by atoms with van der Waals surface area (Å²) in [6.45, 7) is 9.74. The van der Waals surface area contributed by atoms with Gasteiger partial charge in [0.25, 0.3) is 0 Å². The highest BCUT2D eigenvalue weighted by atomic mass is 16.3. The van der Waals surface area contributed by atoms with E-state index in [1.54, 1.807) is 0 Å². The minimum absolute atomic E-state index is 0.162. The number of aromatic nitrogens is 2. The van der Waals surface area contributed by atoms with E-state index in [4.69, 9.17) is 0 Å². The van der Waals surface area contributed by atoms with Crippen LogP contribution in [0.15, 0.2) is 23.4 Å². The first-order chi connectivity index (χ1) is 14.3. The zero-order valence-corrected chi connectivity index (χ0v) is 18.9. The molecule has 3 fully saturated rings. The summed E-state index contributed by atoms with van der Waals surface area (Å²) in [5.41, 5.74) is 4.76. The second kappa shape index (κ2) is 6.91. The Morgan fingerprint density at radius 1 is 1.20 bits per heavy atom. The molecule has 0 aliphatic heterocycles. The topological polar surface area (TPSA) is 55.1 Å². The highest BCUT2D eigenvalue weighted by Crippen LogP contribution is 2.64. The summed E-state index contributed by atoms with van der Waals surface area (Å²) in [6.07, 6.45) is 13.3. The lowest BCUT2D eigenvalue weighted by Crippen LogP contribution is -2.50. The number of rotatable bonds is 2. The van der Waals surface area contributed by atoms with Gasteiger partial charge in [-0.15, -0.1) is 0 Å². The molecule has 0 aromatic carbocycles. The van der Waals surface area contributed by atoms with E-state index < -0.39 is 0 Å². The second-order valence-electron chi connectivity index (χ2n) is 10.8. The van der Waals surface area contributed by atoms with Crippen LogP contribution >= 0.6 is 0 Å². The van der Waals surface area contributed by atoms with Gasteiger partial charge >= 0.3 is 0 Å². The van der Waals surface area contributed by atoms with E-state index in [0.29, 0.717) is 23.5 Å².